The summed E-state index contributed by atoms with van der Waals surface area (Å²) >= 11 is 0. The summed E-state index contributed by atoms with van der Waals surface area (Å²) in [7, 11) is 0. The van der Waals surface area contributed by atoms with Crippen LogP contribution in [0.2, 0.25) is 0 Å². The molecular formula is C14H18N2O3. The topological polar surface area (TPSA) is 59.6 Å². The van der Waals surface area contributed by atoms with Crippen LogP contribution in [0.4, 0.5) is 5.69 Å². The minimum Gasteiger partial charge on any atom is -0.486 e. The van der Waals surface area contributed by atoms with E-state index < -0.39 is 0 Å². The average Bonchev–Trinajstić information content (AvgIpc) is 2.91. The molecule has 1 aromatic rings. The van der Waals surface area contributed by atoms with Gasteiger partial charge in [0.1, 0.15) is 13.2 Å². The maximum atomic E-state index is 11.9. The van der Waals surface area contributed by atoms with E-state index >= 15 is 0 Å². The van der Waals surface area contributed by atoms with Crippen LogP contribution in [-0.2, 0) is 4.79 Å². The molecule has 0 spiro atoms. The van der Waals surface area contributed by atoms with E-state index in [1.807, 2.05) is 18.2 Å². The third-order valence-corrected chi connectivity index (χ3v) is 3.46. The van der Waals surface area contributed by atoms with E-state index in [-0.39, 0.29) is 5.91 Å². The summed E-state index contributed by atoms with van der Waals surface area (Å²) in [6, 6.07) is 5.50. The Morgan fingerprint density at radius 2 is 2.16 bits per heavy atom. The maximum absolute atomic E-state index is 11.9. The van der Waals surface area contributed by atoms with Crippen LogP contribution in [0.25, 0.3) is 0 Å². The first-order valence-corrected chi connectivity index (χ1v) is 6.71. The van der Waals surface area contributed by atoms with Gasteiger partial charge < -0.3 is 20.1 Å². The zero-order valence-corrected chi connectivity index (χ0v) is 10.8. The van der Waals surface area contributed by atoms with Crippen LogP contribution in [0, 0.1) is 5.92 Å². The van der Waals surface area contributed by atoms with Crippen LogP contribution in [0.3, 0.4) is 0 Å². The van der Waals surface area contributed by atoms with Crippen molar-refractivity contribution < 1.29 is 14.3 Å². The minimum atomic E-state index is 0.0605. The Kier molecular flexibility index (Phi) is 3.55. The molecule has 2 aliphatic rings. The number of ether oxygens (including phenoxy) is 2. The molecule has 19 heavy (non-hydrogen) atoms. The van der Waals surface area contributed by atoms with Crippen molar-refractivity contribution in [2.75, 3.05) is 31.6 Å². The first kappa shape index (κ1) is 12.3. The number of carbonyl (C=O) groups is 1. The second-order valence-electron chi connectivity index (χ2n) is 4.97. The molecule has 0 aliphatic carbocycles. The van der Waals surface area contributed by atoms with Gasteiger partial charge in [-0.05, 0) is 37.6 Å². The monoisotopic (exact) mass is 262 g/mol. The fraction of sp³-hybridized carbons (Fsp3) is 0.500. The second kappa shape index (κ2) is 5.48. The molecule has 1 unspecified atom stereocenters. The lowest BCUT2D eigenvalue weighted by atomic mass is 10.0. The molecule has 102 valence electrons. The molecule has 3 rings (SSSR count). The van der Waals surface area contributed by atoms with Crippen molar-refractivity contribution in [1.82, 2.24) is 5.32 Å². The van der Waals surface area contributed by atoms with Crippen LogP contribution in [0.5, 0.6) is 11.5 Å². The summed E-state index contributed by atoms with van der Waals surface area (Å²) in [4.78, 5) is 11.9. The highest BCUT2D eigenvalue weighted by atomic mass is 16.6. The summed E-state index contributed by atoms with van der Waals surface area (Å²) in [5.41, 5.74) is 0.764. The summed E-state index contributed by atoms with van der Waals surface area (Å²) in [6.45, 7) is 3.09. The van der Waals surface area contributed by atoms with E-state index in [1.54, 1.807) is 0 Å². The fourth-order valence-corrected chi connectivity index (χ4v) is 2.48. The summed E-state index contributed by atoms with van der Waals surface area (Å²) in [5, 5.41) is 6.18. The number of fused-ring (bicyclic) bond motifs is 1. The van der Waals surface area contributed by atoms with Gasteiger partial charge in [0.15, 0.2) is 11.5 Å². The van der Waals surface area contributed by atoms with Crippen molar-refractivity contribution in [2.24, 2.45) is 5.92 Å². The molecule has 2 heterocycles. The second-order valence-corrected chi connectivity index (χ2v) is 4.97. The lowest BCUT2D eigenvalue weighted by molar-refractivity contribution is -0.116. The number of anilines is 1. The molecule has 2 aliphatic heterocycles. The van der Waals surface area contributed by atoms with E-state index in [1.165, 1.54) is 0 Å². The summed E-state index contributed by atoms with van der Waals surface area (Å²) < 4.78 is 10.9. The molecular weight excluding hydrogens is 244 g/mol. The molecule has 0 radical (unpaired) electrons. The predicted octanol–water partition coefficient (Wildman–Crippen LogP) is 1.40. The Labute approximate surface area is 112 Å². The lowest BCUT2D eigenvalue weighted by Crippen LogP contribution is -2.19. The van der Waals surface area contributed by atoms with Crippen LogP contribution in [0.15, 0.2) is 18.2 Å². The van der Waals surface area contributed by atoms with Crippen molar-refractivity contribution in [2.45, 2.75) is 12.8 Å². The van der Waals surface area contributed by atoms with Crippen molar-refractivity contribution in [3.63, 3.8) is 0 Å². The molecule has 1 atom stereocenters. The van der Waals surface area contributed by atoms with Gasteiger partial charge in [-0.25, -0.2) is 0 Å². The van der Waals surface area contributed by atoms with Crippen molar-refractivity contribution in [3.8, 4) is 11.5 Å². The van der Waals surface area contributed by atoms with Gasteiger partial charge in [-0.2, -0.15) is 0 Å². The molecule has 1 saturated heterocycles. The predicted molar refractivity (Wildman–Crippen MR) is 71.7 cm³/mol. The highest BCUT2D eigenvalue weighted by Crippen LogP contribution is 2.32. The van der Waals surface area contributed by atoms with E-state index in [4.69, 9.17) is 9.47 Å². The molecule has 5 nitrogen and oxygen atoms in total. The number of nitrogens with one attached hydrogen (secondary N) is 2. The first-order chi connectivity index (χ1) is 9.31. The van der Waals surface area contributed by atoms with Crippen LogP contribution < -0.4 is 20.1 Å². The number of rotatable bonds is 3. The van der Waals surface area contributed by atoms with Gasteiger partial charge in [0.05, 0.1) is 0 Å². The number of carbonyl (C=O) groups excluding carboxylic acids is 1. The lowest BCUT2D eigenvalue weighted by Gasteiger charge is -2.19. The molecule has 2 N–H and O–H groups in total. The molecule has 0 aromatic heterocycles. The van der Waals surface area contributed by atoms with E-state index in [0.717, 1.165) is 30.9 Å². The summed E-state index contributed by atoms with van der Waals surface area (Å²) in [6.07, 6.45) is 1.65. The van der Waals surface area contributed by atoms with E-state index in [2.05, 4.69) is 10.6 Å². The van der Waals surface area contributed by atoms with Crippen LogP contribution >= 0.6 is 0 Å². The summed E-state index contributed by atoms with van der Waals surface area (Å²) in [5.74, 6) is 1.96. The van der Waals surface area contributed by atoms with Gasteiger partial charge in [-0.15, -0.1) is 0 Å². The zero-order chi connectivity index (χ0) is 13.1. The van der Waals surface area contributed by atoms with Gasteiger partial charge in [-0.1, -0.05) is 0 Å². The van der Waals surface area contributed by atoms with E-state index in [9.17, 15) is 4.79 Å². The van der Waals surface area contributed by atoms with Crippen LogP contribution in [0.1, 0.15) is 12.8 Å². The fourth-order valence-electron chi connectivity index (χ4n) is 2.48. The molecule has 0 bridgehead atoms. The third kappa shape index (κ3) is 2.98. The Morgan fingerprint density at radius 3 is 2.95 bits per heavy atom. The normalized spacial score (nSPS) is 21.2. The number of hydrogen-bond donors (Lipinski definition) is 2. The Bertz CT molecular complexity index is 470. The molecule has 5 heteroatoms. The van der Waals surface area contributed by atoms with Crippen molar-refractivity contribution in [1.29, 1.82) is 0 Å². The third-order valence-electron chi connectivity index (χ3n) is 3.46. The number of amides is 1. The average molecular weight is 262 g/mol. The van der Waals surface area contributed by atoms with Crippen LogP contribution in [-0.4, -0.2) is 32.2 Å². The Morgan fingerprint density at radius 1 is 1.32 bits per heavy atom. The zero-order valence-electron chi connectivity index (χ0n) is 10.8. The van der Waals surface area contributed by atoms with E-state index in [0.29, 0.717) is 31.3 Å². The van der Waals surface area contributed by atoms with Gasteiger partial charge in [-0.3, -0.25) is 4.79 Å². The largest absolute Gasteiger partial charge is 0.486 e. The highest BCUT2D eigenvalue weighted by molar-refractivity contribution is 5.91. The Hall–Kier alpha value is -1.75. The molecule has 1 fully saturated rings. The first-order valence-electron chi connectivity index (χ1n) is 6.71. The number of benzene rings is 1. The Balaban J connectivity index is 1.61. The molecule has 1 amide bonds. The van der Waals surface area contributed by atoms with Crippen molar-refractivity contribution >= 4 is 11.6 Å². The quantitative estimate of drug-likeness (QED) is 0.864. The number of hydrogen-bond acceptors (Lipinski definition) is 4. The molecule has 1 aromatic carbocycles. The van der Waals surface area contributed by atoms with Gasteiger partial charge >= 0.3 is 0 Å². The maximum Gasteiger partial charge on any atom is 0.224 e. The smallest absolute Gasteiger partial charge is 0.224 e. The SMILES string of the molecule is O=C(CC1CCNC1)Nc1ccc2c(c1)OCCO2. The van der Waals surface area contributed by atoms with Gasteiger partial charge in [0.2, 0.25) is 5.91 Å². The van der Waals surface area contributed by atoms with Gasteiger partial charge in [0, 0.05) is 18.2 Å². The minimum absolute atomic E-state index is 0.0605. The van der Waals surface area contributed by atoms with Crippen molar-refractivity contribution in [3.05, 3.63) is 18.2 Å². The van der Waals surface area contributed by atoms with Gasteiger partial charge in [0.25, 0.3) is 0 Å². The highest BCUT2D eigenvalue weighted by Gasteiger charge is 2.18. The molecule has 0 saturated carbocycles. The standard InChI is InChI=1S/C14H18N2O3/c17-14(7-10-3-4-15-9-10)16-11-1-2-12-13(8-11)19-6-5-18-12/h1-2,8,10,15H,3-7,9H2,(H,16,17).